The zero-order chi connectivity index (χ0) is 15.6. The summed E-state index contributed by atoms with van der Waals surface area (Å²) in [4.78, 5) is 24.3. The third-order valence-electron chi connectivity index (χ3n) is 3.48. The number of rotatable bonds is 3. The number of carbonyl (C=O) groups excluding carboxylic acids is 2. The molecule has 0 aliphatic carbocycles. The van der Waals surface area contributed by atoms with Crippen LogP contribution in [0.4, 0.5) is 0 Å². The first-order valence-corrected chi connectivity index (χ1v) is 7.48. The van der Waals surface area contributed by atoms with Crippen molar-refractivity contribution in [2.75, 3.05) is 21.3 Å². The molecule has 0 bridgehead atoms. The molecule has 0 saturated heterocycles. The van der Waals surface area contributed by atoms with E-state index in [1.54, 1.807) is 19.1 Å². The summed E-state index contributed by atoms with van der Waals surface area (Å²) in [7, 11) is 4.43. The van der Waals surface area contributed by atoms with Crippen molar-refractivity contribution in [3.8, 4) is 11.5 Å². The predicted octanol–water partition coefficient (Wildman–Crippen LogP) is 2.11. The molecule has 1 aliphatic rings. The van der Waals surface area contributed by atoms with Crippen LogP contribution in [0.2, 0.25) is 0 Å². The van der Waals surface area contributed by atoms with Gasteiger partial charge in [0.2, 0.25) is 0 Å². The summed E-state index contributed by atoms with van der Waals surface area (Å²) in [6, 6.07) is 3.45. The average Bonchev–Trinajstić information content (AvgIpc) is 2.62. The Morgan fingerprint density at radius 2 is 1.81 bits per heavy atom. The molecule has 0 N–H and O–H groups in total. The topological polar surface area (TPSA) is 61.8 Å². The Bertz CT molecular complexity index is 569. The molecule has 1 aromatic rings. The van der Waals surface area contributed by atoms with Crippen molar-refractivity contribution in [3.63, 3.8) is 0 Å². The Hall–Kier alpha value is -1.69. The first-order valence-electron chi connectivity index (χ1n) is 6.54. The summed E-state index contributed by atoms with van der Waals surface area (Å²) in [5, 5.41) is -0.707. The van der Waals surface area contributed by atoms with Gasteiger partial charge in [0.25, 0.3) is 0 Å². The van der Waals surface area contributed by atoms with Crippen LogP contribution in [-0.4, -0.2) is 43.6 Å². The highest BCUT2D eigenvalue weighted by molar-refractivity contribution is 8.01. The van der Waals surface area contributed by atoms with E-state index in [2.05, 4.69) is 0 Å². The fourth-order valence-corrected chi connectivity index (χ4v) is 3.59. The number of hydrogen-bond donors (Lipinski definition) is 0. The van der Waals surface area contributed by atoms with Crippen molar-refractivity contribution in [1.29, 1.82) is 0 Å². The maximum atomic E-state index is 12.5. The van der Waals surface area contributed by atoms with Gasteiger partial charge in [-0.15, -0.1) is 11.8 Å². The minimum Gasteiger partial charge on any atom is -0.493 e. The highest BCUT2D eigenvalue weighted by Crippen LogP contribution is 2.37. The number of Topliss-reactive ketones (excluding diaryl/α,β-unsaturated/α-hetero) is 1. The Kier molecular flexibility index (Phi) is 4.77. The first-order chi connectivity index (χ1) is 10.0. The molecule has 1 aliphatic heterocycles. The van der Waals surface area contributed by atoms with Crippen LogP contribution in [0.5, 0.6) is 11.5 Å². The first kappa shape index (κ1) is 15.7. The number of carbonyl (C=O) groups is 2. The molecule has 0 fully saturated rings. The van der Waals surface area contributed by atoms with Gasteiger partial charge in [-0.25, -0.2) is 0 Å². The van der Waals surface area contributed by atoms with Gasteiger partial charge in [-0.05, 0) is 31.0 Å². The molecule has 2 rings (SSSR count). The molecule has 0 unspecified atom stereocenters. The number of ketones is 1. The summed E-state index contributed by atoms with van der Waals surface area (Å²) < 4.78 is 15.3. The molecular formula is C15H18O5S. The monoisotopic (exact) mass is 310 g/mol. The second kappa shape index (κ2) is 6.39. The predicted molar refractivity (Wildman–Crippen MR) is 80.4 cm³/mol. The maximum Gasteiger partial charge on any atom is 0.319 e. The van der Waals surface area contributed by atoms with Crippen LogP contribution in [0.15, 0.2) is 12.1 Å². The summed E-state index contributed by atoms with van der Waals surface area (Å²) in [6.45, 7) is 1.80. The lowest BCUT2D eigenvalue weighted by molar-refractivity contribution is -0.139. The molecule has 0 amide bonds. The van der Waals surface area contributed by atoms with Crippen molar-refractivity contribution < 1.29 is 23.8 Å². The molecule has 21 heavy (non-hydrogen) atoms. The number of esters is 1. The van der Waals surface area contributed by atoms with E-state index in [9.17, 15) is 9.59 Å². The highest BCUT2D eigenvalue weighted by atomic mass is 32.2. The molecule has 6 heteroatoms. The summed E-state index contributed by atoms with van der Waals surface area (Å²) >= 11 is 1.33. The van der Waals surface area contributed by atoms with Gasteiger partial charge >= 0.3 is 5.97 Å². The molecule has 114 valence electrons. The Morgan fingerprint density at radius 3 is 2.38 bits per heavy atom. The molecule has 1 heterocycles. The summed E-state index contributed by atoms with van der Waals surface area (Å²) in [5.74, 6) is 0.732. The fraction of sp³-hybridized carbons (Fsp3) is 0.467. The minimum absolute atomic E-state index is 0.0117. The van der Waals surface area contributed by atoms with Gasteiger partial charge < -0.3 is 14.2 Å². The second-order valence-corrected chi connectivity index (χ2v) is 6.27. The van der Waals surface area contributed by atoms with Gasteiger partial charge in [0.1, 0.15) is 5.25 Å². The quantitative estimate of drug-likeness (QED) is 0.797. The molecule has 2 atom stereocenters. The molecule has 1 aromatic carbocycles. The van der Waals surface area contributed by atoms with Crippen LogP contribution in [-0.2, 0) is 16.0 Å². The van der Waals surface area contributed by atoms with Gasteiger partial charge in [0, 0.05) is 5.56 Å². The molecule has 0 spiro atoms. The Labute approximate surface area is 127 Å². The third kappa shape index (κ3) is 3.00. The minimum atomic E-state index is -0.395. The van der Waals surface area contributed by atoms with E-state index >= 15 is 0 Å². The van der Waals surface area contributed by atoms with E-state index in [0.29, 0.717) is 23.5 Å². The lowest BCUT2D eigenvalue weighted by atomic mass is 9.97. The van der Waals surface area contributed by atoms with Crippen LogP contribution in [0.3, 0.4) is 0 Å². The highest BCUT2D eigenvalue weighted by Gasteiger charge is 2.33. The lowest BCUT2D eigenvalue weighted by Crippen LogP contribution is -2.23. The van der Waals surface area contributed by atoms with E-state index in [0.717, 1.165) is 5.56 Å². The molecule has 5 nitrogen and oxygen atoms in total. The maximum absolute atomic E-state index is 12.5. The Morgan fingerprint density at radius 1 is 1.19 bits per heavy atom. The molecule has 0 radical (unpaired) electrons. The Balaban J connectivity index is 2.51. The van der Waals surface area contributed by atoms with Crippen molar-refractivity contribution in [1.82, 2.24) is 0 Å². The zero-order valence-corrected chi connectivity index (χ0v) is 13.3. The third-order valence-corrected chi connectivity index (χ3v) is 4.79. The van der Waals surface area contributed by atoms with Crippen LogP contribution < -0.4 is 9.47 Å². The van der Waals surface area contributed by atoms with Crippen LogP contribution in [0.25, 0.3) is 0 Å². The normalized spacial score (nSPS) is 21.2. The second-order valence-electron chi connectivity index (χ2n) is 4.72. The average molecular weight is 310 g/mol. The van der Waals surface area contributed by atoms with Crippen molar-refractivity contribution in [2.45, 2.75) is 23.8 Å². The smallest absolute Gasteiger partial charge is 0.319 e. The summed E-state index contributed by atoms with van der Waals surface area (Å²) in [5.41, 5.74) is 1.36. The van der Waals surface area contributed by atoms with E-state index in [4.69, 9.17) is 14.2 Å². The van der Waals surface area contributed by atoms with E-state index in [-0.39, 0.29) is 17.0 Å². The van der Waals surface area contributed by atoms with Crippen molar-refractivity contribution in [2.24, 2.45) is 0 Å². The molecule has 0 aromatic heterocycles. The van der Waals surface area contributed by atoms with Gasteiger partial charge in [-0.1, -0.05) is 0 Å². The summed E-state index contributed by atoms with van der Waals surface area (Å²) in [6.07, 6.45) is 0.434. The van der Waals surface area contributed by atoms with Gasteiger partial charge in [-0.2, -0.15) is 0 Å². The number of hydrogen-bond acceptors (Lipinski definition) is 6. The van der Waals surface area contributed by atoms with Gasteiger partial charge in [-0.3, -0.25) is 9.59 Å². The largest absolute Gasteiger partial charge is 0.493 e. The number of methoxy groups -OCH3 is 3. The SMILES string of the molecule is COC(=O)[C@H]1Cc2cc(OC)c(OC)cc2C(=O)[C@H](C)S1. The molecule has 0 saturated carbocycles. The number of thioether (sulfide) groups is 1. The zero-order valence-electron chi connectivity index (χ0n) is 12.5. The number of ether oxygens (including phenoxy) is 3. The van der Waals surface area contributed by atoms with E-state index in [1.807, 2.05) is 0 Å². The number of fused-ring (bicyclic) bond motifs is 1. The lowest BCUT2D eigenvalue weighted by Gasteiger charge is -2.14. The van der Waals surface area contributed by atoms with Crippen molar-refractivity contribution >= 4 is 23.5 Å². The van der Waals surface area contributed by atoms with Crippen LogP contribution in [0.1, 0.15) is 22.8 Å². The van der Waals surface area contributed by atoms with E-state index in [1.165, 1.54) is 33.1 Å². The van der Waals surface area contributed by atoms with E-state index < -0.39 is 5.25 Å². The standard InChI is InChI=1S/C15H18O5S/c1-8-14(16)10-7-12(19-3)11(18-2)5-9(10)6-13(21-8)15(17)20-4/h5,7-8,13H,6H2,1-4H3/t8-,13+/m0/s1. The van der Waals surface area contributed by atoms with Crippen molar-refractivity contribution in [3.05, 3.63) is 23.3 Å². The van der Waals surface area contributed by atoms with Crippen LogP contribution >= 0.6 is 11.8 Å². The number of benzene rings is 1. The molecular weight excluding hydrogens is 292 g/mol. The van der Waals surface area contributed by atoms with Gasteiger partial charge in [0.05, 0.1) is 26.6 Å². The van der Waals surface area contributed by atoms with Gasteiger partial charge in [0.15, 0.2) is 17.3 Å². The van der Waals surface area contributed by atoms with Crippen LogP contribution in [0, 0.1) is 0 Å². The fourth-order valence-electron chi connectivity index (χ4n) is 2.36.